The lowest BCUT2D eigenvalue weighted by Gasteiger charge is -2.43. The summed E-state index contributed by atoms with van der Waals surface area (Å²) in [4.78, 5) is 14.1. The van der Waals surface area contributed by atoms with Crippen molar-refractivity contribution < 1.29 is 14.3 Å². The number of halogens is 1. The first-order chi connectivity index (χ1) is 9.71. The van der Waals surface area contributed by atoms with E-state index in [2.05, 4.69) is 36.4 Å². The van der Waals surface area contributed by atoms with Gasteiger partial charge in [-0.05, 0) is 47.0 Å². The Morgan fingerprint density at radius 1 is 1.43 bits per heavy atom. The van der Waals surface area contributed by atoms with Crippen LogP contribution in [0.2, 0.25) is 0 Å². The second-order valence-corrected chi connectivity index (χ2v) is 7.80. The molecule has 1 saturated heterocycles. The quantitative estimate of drug-likeness (QED) is 0.498. The minimum atomic E-state index is -0.447. The van der Waals surface area contributed by atoms with Crippen molar-refractivity contribution in [2.24, 2.45) is 0 Å². The third-order valence-corrected chi connectivity index (χ3v) is 4.97. The molecule has 1 fully saturated rings. The van der Waals surface area contributed by atoms with E-state index in [0.717, 1.165) is 36.7 Å². The summed E-state index contributed by atoms with van der Waals surface area (Å²) >= 11 is 2.38. The van der Waals surface area contributed by atoms with Crippen LogP contribution >= 0.6 is 22.6 Å². The van der Waals surface area contributed by atoms with Crippen LogP contribution in [0.15, 0.2) is 0 Å². The first-order valence-electron chi connectivity index (χ1n) is 7.93. The third kappa shape index (κ3) is 6.30. The summed E-state index contributed by atoms with van der Waals surface area (Å²) < 4.78 is 12.7. The maximum absolute atomic E-state index is 12.3. The summed E-state index contributed by atoms with van der Waals surface area (Å²) in [5.74, 6) is 0. The van der Waals surface area contributed by atoms with Crippen molar-refractivity contribution in [1.29, 1.82) is 0 Å². The van der Waals surface area contributed by atoms with Crippen molar-refractivity contribution in [3.63, 3.8) is 0 Å². The number of rotatable bonds is 5. The number of carbonyl (C=O) groups is 1. The molecule has 0 aromatic carbocycles. The summed E-state index contributed by atoms with van der Waals surface area (Å²) in [6, 6.07) is 0. The van der Waals surface area contributed by atoms with E-state index in [1.165, 1.54) is 0 Å². The number of hydrogen-bond acceptors (Lipinski definition) is 3. The van der Waals surface area contributed by atoms with Gasteiger partial charge in [-0.15, -0.1) is 0 Å². The molecule has 4 nitrogen and oxygen atoms in total. The van der Waals surface area contributed by atoms with E-state index in [1.807, 2.05) is 25.7 Å². The Balaban J connectivity index is 2.69. The van der Waals surface area contributed by atoms with E-state index >= 15 is 0 Å². The number of alkyl halides is 1. The van der Waals surface area contributed by atoms with E-state index in [0.29, 0.717) is 6.54 Å². The zero-order valence-corrected chi connectivity index (χ0v) is 16.2. The molecule has 2 atom stereocenters. The van der Waals surface area contributed by atoms with E-state index < -0.39 is 5.60 Å². The predicted molar refractivity (Wildman–Crippen MR) is 94.1 cm³/mol. The molecule has 2 unspecified atom stereocenters. The third-order valence-electron chi connectivity index (χ3n) is 3.58. The van der Waals surface area contributed by atoms with Crippen LogP contribution in [0.4, 0.5) is 4.79 Å². The maximum atomic E-state index is 12.3. The van der Waals surface area contributed by atoms with E-state index in [-0.39, 0.29) is 17.8 Å². The highest BCUT2D eigenvalue weighted by Gasteiger charge is 2.39. The maximum Gasteiger partial charge on any atom is 0.410 e. The van der Waals surface area contributed by atoms with E-state index in [1.54, 1.807) is 0 Å². The summed E-state index contributed by atoms with van der Waals surface area (Å²) in [5.41, 5.74) is -0.665. The molecule has 124 valence electrons. The van der Waals surface area contributed by atoms with Crippen molar-refractivity contribution in [2.45, 2.75) is 77.6 Å². The molecule has 1 amide bonds. The molecule has 0 spiro atoms. The Bertz CT molecular complexity index is 343. The van der Waals surface area contributed by atoms with Crippen molar-refractivity contribution in [2.75, 3.05) is 17.5 Å². The number of carbonyl (C=O) groups excluding carboxylic acids is 1. The van der Waals surface area contributed by atoms with Crippen molar-refractivity contribution in [1.82, 2.24) is 4.90 Å². The molecule has 0 aliphatic carbocycles. The highest BCUT2D eigenvalue weighted by molar-refractivity contribution is 14.1. The van der Waals surface area contributed by atoms with Gasteiger partial charge in [0, 0.05) is 11.0 Å². The summed E-state index contributed by atoms with van der Waals surface area (Å²) in [7, 11) is 0. The van der Waals surface area contributed by atoms with Crippen molar-refractivity contribution in [3.05, 3.63) is 0 Å². The Kier molecular flexibility index (Phi) is 7.24. The van der Waals surface area contributed by atoms with Crippen LogP contribution in [-0.2, 0) is 9.47 Å². The van der Waals surface area contributed by atoms with Gasteiger partial charge in [-0.1, -0.05) is 35.9 Å². The molecule has 21 heavy (non-hydrogen) atoms. The number of amides is 1. The van der Waals surface area contributed by atoms with Gasteiger partial charge in [-0.25, -0.2) is 4.79 Å². The molecule has 0 aromatic rings. The number of likely N-dealkylation sites (tertiary alicyclic amines) is 1. The molecular weight excluding hydrogens is 381 g/mol. The number of ether oxygens (including phenoxy) is 2. The zero-order chi connectivity index (χ0) is 16.1. The first kappa shape index (κ1) is 19.0. The Labute approximate surface area is 143 Å². The lowest BCUT2D eigenvalue weighted by atomic mass is 9.94. The van der Waals surface area contributed by atoms with E-state index in [4.69, 9.17) is 9.47 Å². The van der Waals surface area contributed by atoms with Gasteiger partial charge >= 0.3 is 6.09 Å². The fraction of sp³-hybridized carbons (Fsp3) is 0.938. The predicted octanol–water partition coefficient (Wildman–Crippen LogP) is 4.40. The Hall–Kier alpha value is -0.0400. The minimum absolute atomic E-state index is 0.218. The first-order valence-corrected chi connectivity index (χ1v) is 9.45. The smallest absolute Gasteiger partial charge is 0.410 e. The van der Waals surface area contributed by atoms with Gasteiger partial charge in [0.2, 0.25) is 0 Å². The lowest BCUT2D eigenvalue weighted by Crippen LogP contribution is -2.54. The highest BCUT2D eigenvalue weighted by Crippen LogP contribution is 2.30. The Morgan fingerprint density at radius 3 is 2.62 bits per heavy atom. The molecule has 1 aliphatic heterocycles. The average molecular weight is 411 g/mol. The number of piperidine rings is 1. The molecule has 0 radical (unpaired) electrons. The van der Waals surface area contributed by atoms with E-state index in [9.17, 15) is 4.79 Å². The average Bonchev–Trinajstić information content (AvgIpc) is 2.37. The fourth-order valence-corrected chi connectivity index (χ4v) is 3.51. The molecule has 1 rings (SSSR count). The number of hydrogen-bond donors (Lipinski definition) is 0. The second-order valence-electron chi connectivity index (χ2n) is 7.04. The number of nitrogens with zero attached hydrogens (tertiary/aromatic N) is 1. The standard InChI is InChI=1S/C16H30INO3/c1-6-8-13(2)20-16(11-17)9-7-10-18(12-16)14(19)21-15(3,4)5/h13H,6-12H2,1-5H3. The molecule has 5 heteroatoms. The molecule has 0 bridgehead atoms. The van der Waals surface area contributed by atoms with Gasteiger partial charge in [-0.3, -0.25) is 0 Å². The summed E-state index contributed by atoms with van der Waals surface area (Å²) in [6.45, 7) is 11.4. The summed E-state index contributed by atoms with van der Waals surface area (Å²) in [6.07, 6.45) is 4.19. The summed E-state index contributed by atoms with van der Waals surface area (Å²) in [5, 5.41) is 0. The molecular formula is C16H30INO3. The largest absolute Gasteiger partial charge is 0.444 e. The van der Waals surface area contributed by atoms with Crippen molar-refractivity contribution in [3.8, 4) is 0 Å². The highest BCUT2D eigenvalue weighted by atomic mass is 127. The van der Waals surface area contributed by atoms with Gasteiger partial charge in [0.05, 0.1) is 18.2 Å². The van der Waals surface area contributed by atoms with Gasteiger partial charge in [0.1, 0.15) is 5.60 Å². The van der Waals surface area contributed by atoms with Gasteiger partial charge in [0.25, 0.3) is 0 Å². The van der Waals surface area contributed by atoms with Crippen LogP contribution in [0.3, 0.4) is 0 Å². The van der Waals surface area contributed by atoms with Crippen LogP contribution in [0.1, 0.15) is 60.3 Å². The topological polar surface area (TPSA) is 38.8 Å². The SMILES string of the molecule is CCCC(C)OC1(CI)CCCN(C(=O)OC(C)(C)C)C1. The Morgan fingerprint density at radius 2 is 2.10 bits per heavy atom. The minimum Gasteiger partial charge on any atom is -0.444 e. The van der Waals surface area contributed by atoms with Gasteiger partial charge in [-0.2, -0.15) is 0 Å². The lowest BCUT2D eigenvalue weighted by molar-refractivity contribution is -0.108. The van der Waals surface area contributed by atoms with Crippen LogP contribution in [-0.4, -0.2) is 45.8 Å². The molecule has 0 aromatic heterocycles. The van der Waals surface area contributed by atoms with Crippen LogP contribution in [0, 0.1) is 0 Å². The van der Waals surface area contributed by atoms with Crippen LogP contribution in [0.5, 0.6) is 0 Å². The molecule has 1 aliphatic rings. The van der Waals surface area contributed by atoms with Gasteiger partial charge < -0.3 is 14.4 Å². The van der Waals surface area contributed by atoms with Crippen molar-refractivity contribution >= 4 is 28.7 Å². The van der Waals surface area contributed by atoms with Crippen LogP contribution in [0.25, 0.3) is 0 Å². The fourth-order valence-electron chi connectivity index (χ4n) is 2.71. The zero-order valence-electron chi connectivity index (χ0n) is 14.1. The monoisotopic (exact) mass is 411 g/mol. The molecule has 0 saturated carbocycles. The normalized spacial score (nSPS) is 24.8. The molecule has 0 N–H and O–H groups in total. The van der Waals surface area contributed by atoms with Gasteiger partial charge in [0.15, 0.2) is 0 Å². The molecule has 1 heterocycles. The second kappa shape index (κ2) is 7.99. The van der Waals surface area contributed by atoms with Crippen LogP contribution < -0.4 is 0 Å².